The maximum absolute atomic E-state index is 11.3. The highest BCUT2D eigenvalue weighted by Crippen LogP contribution is 2.21. The Labute approximate surface area is 95.6 Å². The molecule has 1 rings (SSSR count). The van der Waals surface area contributed by atoms with Crippen molar-refractivity contribution in [3.05, 3.63) is 11.8 Å². The number of methoxy groups -OCH3 is 1. The number of nitrogens with zero attached hydrogens (tertiary/aromatic N) is 2. The van der Waals surface area contributed by atoms with Crippen molar-refractivity contribution in [2.75, 3.05) is 12.8 Å². The molecule has 1 heterocycles. The molecule has 0 amide bonds. The molecule has 0 bridgehead atoms. The Kier molecular flexibility index (Phi) is 3.57. The highest BCUT2D eigenvalue weighted by molar-refractivity contribution is 5.93. The number of nitrogen functional groups attached to an aromatic ring is 1. The molecule has 0 aliphatic carbocycles. The van der Waals surface area contributed by atoms with Gasteiger partial charge in [0.15, 0.2) is 0 Å². The zero-order valence-corrected chi connectivity index (χ0v) is 10.3. The molecule has 2 N–H and O–H groups in total. The zero-order valence-electron chi connectivity index (χ0n) is 10.3. The molecule has 0 radical (unpaired) electrons. The van der Waals surface area contributed by atoms with Gasteiger partial charge in [-0.05, 0) is 11.8 Å². The molecule has 1 aromatic heterocycles. The molecule has 0 aliphatic rings. The van der Waals surface area contributed by atoms with Gasteiger partial charge in [-0.25, -0.2) is 9.48 Å². The summed E-state index contributed by atoms with van der Waals surface area (Å²) in [5.74, 6) is -0.0735. The first kappa shape index (κ1) is 12.5. The molecule has 0 saturated heterocycles. The van der Waals surface area contributed by atoms with Crippen molar-refractivity contribution in [3.63, 3.8) is 0 Å². The number of carbonyl (C=O) groups excluding carboxylic acids is 1. The summed E-state index contributed by atoms with van der Waals surface area (Å²) in [6.07, 6.45) is 2.39. The third-order valence-corrected chi connectivity index (χ3v) is 2.36. The quantitative estimate of drug-likeness (QED) is 0.795. The van der Waals surface area contributed by atoms with Crippen LogP contribution in [0.5, 0.6) is 0 Å². The van der Waals surface area contributed by atoms with E-state index in [4.69, 9.17) is 5.73 Å². The van der Waals surface area contributed by atoms with E-state index in [1.807, 2.05) is 0 Å². The second-order valence-electron chi connectivity index (χ2n) is 4.97. The van der Waals surface area contributed by atoms with Crippen LogP contribution in [0.15, 0.2) is 6.20 Å². The van der Waals surface area contributed by atoms with Gasteiger partial charge in [-0.3, -0.25) is 0 Å². The SMILES string of the molecule is COC(=O)c1cnn(CCC(C)(C)C)c1N. The lowest BCUT2D eigenvalue weighted by molar-refractivity contribution is 0.0602. The monoisotopic (exact) mass is 225 g/mol. The predicted molar refractivity (Wildman–Crippen MR) is 62.1 cm³/mol. The van der Waals surface area contributed by atoms with E-state index in [0.29, 0.717) is 17.9 Å². The van der Waals surface area contributed by atoms with Crippen molar-refractivity contribution in [1.82, 2.24) is 9.78 Å². The summed E-state index contributed by atoms with van der Waals surface area (Å²) in [4.78, 5) is 11.3. The summed E-state index contributed by atoms with van der Waals surface area (Å²) in [5, 5.41) is 4.08. The fourth-order valence-electron chi connectivity index (χ4n) is 1.28. The van der Waals surface area contributed by atoms with Crippen LogP contribution in [0.25, 0.3) is 0 Å². The fraction of sp³-hybridized carbons (Fsp3) is 0.636. The molecule has 0 spiro atoms. The highest BCUT2D eigenvalue weighted by Gasteiger charge is 2.17. The molecule has 0 unspecified atom stereocenters. The lowest BCUT2D eigenvalue weighted by Crippen LogP contribution is -2.14. The van der Waals surface area contributed by atoms with Crippen molar-refractivity contribution in [1.29, 1.82) is 0 Å². The molecule has 0 saturated carbocycles. The van der Waals surface area contributed by atoms with E-state index in [2.05, 4.69) is 30.6 Å². The van der Waals surface area contributed by atoms with Crippen LogP contribution >= 0.6 is 0 Å². The predicted octanol–water partition coefficient (Wildman–Crippen LogP) is 1.69. The molecular weight excluding hydrogens is 206 g/mol. The number of hydrogen-bond acceptors (Lipinski definition) is 4. The second-order valence-corrected chi connectivity index (χ2v) is 4.97. The van der Waals surface area contributed by atoms with Gasteiger partial charge in [0.1, 0.15) is 11.4 Å². The lowest BCUT2D eigenvalue weighted by Gasteiger charge is -2.18. The van der Waals surface area contributed by atoms with Crippen molar-refractivity contribution in [2.24, 2.45) is 5.41 Å². The smallest absolute Gasteiger partial charge is 0.343 e. The molecule has 0 fully saturated rings. The number of nitrogens with two attached hydrogens (primary N) is 1. The molecule has 5 nitrogen and oxygen atoms in total. The van der Waals surface area contributed by atoms with Gasteiger partial charge in [-0.2, -0.15) is 5.10 Å². The summed E-state index contributed by atoms with van der Waals surface area (Å²) in [6.45, 7) is 7.14. The van der Waals surface area contributed by atoms with Gasteiger partial charge in [0.05, 0.1) is 13.3 Å². The van der Waals surface area contributed by atoms with Crippen molar-refractivity contribution < 1.29 is 9.53 Å². The Morgan fingerprint density at radius 3 is 2.69 bits per heavy atom. The number of esters is 1. The van der Waals surface area contributed by atoms with Crippen LogP contribution in [0.2, 0.25) is 0 Å². The highest BCUT2D eigenvalue weighted by atomic mass is 16.5. The second kappa shape index (κ2) is 4.55. The average molecular weight is 225 g/mol. The summed E-state index contributed by atoms with van der Waals surface area (Å²) in [5.41, 5.74) is 6.35. The van der Waals surface area contributed by atoms with E-state index in [-0.39, 0.29) is 5.41 Å². The van der Waals surface area contributed by atoms with Gasteiger partial charge in [0.25, 0.3) is 0 Å². The first-order valence-electron chi connectivity index (χ1n) is 5.25. The average Bonchev–Trinajstić information content (AvgIpc) is 2.55. The van der Waals surface area contributed by atoms with Crippen molar-refractivity contribution in [3.8, 4) is 0 Å². The standard InChI is InChI=1S/C11H19N3O2/c1-11(2,3)5-6-14-9(12)8(7-13-14)10(15)16-4/h7H,5-6,12H2,1-4H3. The number of ether oxygens (including phenoxy) is 1. The van der Waals surface area contributed by atoms with E-state index >= 15 is 0 Å². The molecule has 5 heteroatoms. The summed E-state index contributed by atoms with van der Waals surface area (Å²) in [6, 6.07) is 0. The van der Waals surface area contributed by atoms with Crippen LogP contribution in [0.4, 0.5) is 5.82 Å². The van der Waals surface area contributed by atoms with Crippen LogP contribution in [-0.2, 0) is 11.3 Å². The fourth-order valence-corrected chi connectivity index (χ4v) is 1.28. The van der Waals surface area contributed by atoms with E-state index in [1.54, 1.807) is 4.68 Å². The summed E-state index contributed by atoms with van der Waals surface area (Å²) < 4.78 is 6.24. The molecule has 0 aliphatic heterocycles. The maximum Gasteiger partial charge on any atom is 0.343 e. The summed E-state index contributed by atoms with van der Waals surface area (Å²) >= 11 is 0. The number of anilines is 1. The molecule has 0 aromatic carbocycles. The minimum absolute atomic E-state index is 0.212. The Hall–Kier alpha value is -1.52. The van der Waals surface area contributed by atoms with Gasteiger partial charge in [-0.1, -0.05) is 20.8 Å². The molecule has 16 heavy (non-hydrogen) atoms. The van der Waals surface area contributed by atoms with E-state index in [0.717, 1.165) is 6.42 Å². The number of rotatable bonds is 3. The maximum atomic E-state index is 11.3. The number of carbonyl (C=O) groups is 1. The van der Waals surface area contributed by atoms with Crippen LogP contribution < -0.4 is 5.73 Å². The van der Waals surface area contributed by atoms with Crippen LogP contribution in [-0.4, -0.2) is 22.9 Å². The van der Waals surface area contributed by atoms with Crippen LogP contribution in [0, 0.1) is 5.41 Å². The van der Waals surface area contributed by atoms with Crippen molar-refractivity contribution in [2.45, 2.75) is 33.7 Å². The third kappa shape index (κ3) is 2.98. The third-order valence-electron chi connectivity index (χ3n) is 2.36. The Morgan fingerprint density at radius 1 is 1.56 bits per heavy atom. The van der Waals surface area contributed by atoms with Gasteiger partial charge < -0.3 is 10.5 Å². The number of aromatic nitrogens is 2. The summed E-state index contributed by atoms with van der Waals surface area (Å²) in [7, 11) is 1.33. The molecular formula is C11H19N3O2. The Morgan fingerprint density at radius 2 is 2.19 bits per heavy atom. The van der Waals surface area contributed by atoms with Gasteiger partial charge >= 0.3 is 5.97 Å². The number of hydrogen-bond donors (Lipinski definition) is 1. The van der Waals surface area contributed by atoms with Crippen LogP contribution in [0.1, 0.15) is 37.6 Å². The first-order chi connectivity index (χ1) is 7.35. The minimum atomic E-state index is -0.445. The van der Waals surface area contributed by atoms with Gasteiger partial charge in [0, 0.05) is 6.54 Å². The lowest BCUT2D eigenvalue weighted by atomic mass is 9.92. The molecule has 90 valence electrons. The van der Waals surface area contributed by atoms with E-state index in [1.165, 1.54) is 13.3 Å². The Bertz CT molecular complexity index is 377. The van der Waals surface area contributed by atoms with Crippen molar-refractivity contribution >= 4 is 11.8 Å². The van der Waals surface area contributed by atoms with E-state index < -0.39 is 5.97 Å². The van der Waals surface area contributed by atoms with Gasteiger partial charge in [0.2, 0.25) is 0 Å². The molecule has 0 atom stereocenters. The van der Waals surface area contributed by atoms with Crippen LogP contribution in [0.3, 0.4) is 0 Å². The minimum Gasteiger partial charge on any atom is -0.465 e. The first-order valence-corrected chi connectivity index (χ1v) is 5.25. The topological polar surface area (TPSA) is 70.1 Å². The normalized spacial score (nSPS) is 11.5. The molecule has 1 aromatic rings. The zero-order chi connectivity index (χ0) is 12.3. The largest absolute Gasteiger partial charge is 0.465 e. The van der Waals surface area contributed by atoms with Gasteiger partial charge in [-0.15, -0.1) is 0 Å². The van der Waals surface area contributed by atoms with E-state index in [9.17, 15) is 4.79 Å². The number of aryl methyl sites for hydroxylation is 1. The Balaban J connectivity index is 2.77.